The van der Waals surface area contributed by atoms with Gasteiger partial charge >= 0.3 is 0 Å². The van der Waals surface area contributed by atoms with E-state index in [4.69, 9.17) is 5.11 Å². The average Bonchev–Trinajstić information content (AvgIpc) is 2.15. The second kappa shape index (κ2) is 4.14. The highest BCUT2D eigenvalue weighted by atomic mass is 16.3. The number of aliphatic hydroxyl groups is 1. The second-order valence-corrected chi connectivity index (χ2v) is 4.13. The van der Waals surface area contributed by atoms with Crippen molar-refractivity contribution >= 4 is 5.95 Å². The van der Waals surface area contributed by atoms with Gasteiger partial charge in [-0.25, -0.2) is 9.97 Å². The fourth-order valence-electron chi connectivity index (χ4n) is 1.74. The molecule has 1 fully saturated rings. The van der Waals surface area contributed by atoms with Crippen LogP contribution in [-0.2, 0) is 6.61 Å². The molecule has 1 aliphatic rings. The van der Waals surface area contributed by atoms with E-state index in [1.165, 1.54) is 19.3 Å². The Morgan fingerprint density at radius 2 is 2.27 bits per heavy atom. The number of hydrogen-bond acceptors (Lipinski definition) is 4. The Hall–Kier alpha value is -1.16. The molecule has 4 nitrogen and oxygen atoms in total. The molecular formula is C11H17N3O. The SMILES string of the molecule is Cc1nc(N(C)C2CCC2)ncc1CO. The molecule has 1 aromatic rings. The summed E-state index contributed by atoms with van der Waals surface area (Å²) in [6.45, 7) is 1.92. The van der Waals surface area contributed by atoms with Crippen molar-refractivity contribution in [2.45, 2.75) is 38.8 Å². The van der Waals surface area contributed by atoms with Gasteiger partial charge in [-0.2, -0.15) is 0 Å². The Morgan fingerprint density at radius 3 is 2.73 bits per heavy atom. The molecule has 0 aliphatic heterocycles. The van der Waals surface area contributed by atoms with Crippen LogP contribution in [0, 0.1) is 6.92 Å². The number of nitrogens with zero attached hydrogens (tertiary/aromatic N) is 3. The standard InChI is InChI=1S/C11H17N3O/c1-8-9(7-15)6-12-11(13-8)14(2)10-4-3-5-10/h6,10,15H,3-5,7H2,1-2H3. The number of anilines is 1. The molecule has 82 valence electrons. The first-order chi connectivity index (χ1) is 7.22. The molecule has 0 radical (unpaired) electrons. The van der Waals surface area contributed by atoms with E-state index in [0.29, 0.717) is 6.04 Å². The molecule has 1 heterocycles. The van der Waals surface area contributed by atoms with Crippen molar-refractivity contribution < 1.29 is 5.11 Å². The van der Waals surface area contributed by atoms with Gasteiger partial charge in [0, 0.05) is 30.5 Å². The van der Waals surface area contributed by atoms with Crippen LogP contribution in [-0.4, -0.2) is 28.2 Å². The van der Waals surface area contributed by atoms with Gasteiger partial charge in [0.2, 0.25) is 5.95 Å². The normalized spacial score (nSPS) is 16.2. The lowest BCUT2D eigenvalue weighted by Gasteiger charge is -2.34. The lowest BCUT2D eigenvalue weighted by atomic mass is 9.92. The number of aryl methyl sites for hydroxylation is 1. The van der Waals surface area contributed by atoms with Crippen LogP contribution in [0.25, 0.3) is 0 Å². The summed E-state index contributed by atoms with van der Waals surface area (Å²) in [7, 11) is 2.04. The fraction of sp³-hybridized carbons (Fsp3) is 0.636. The van der Waals surface area contributed by atoms with E-state index < -0.39 is 0 Å². The highest BCUT2D eigenvalue weighted by molar-refractivity contribution is 5.33. The molecule has 0 saturated heterocycles. The highest BCUT2D eigenvalue weighted by Crippen LogP contribution is 2.26. The van der Waals surface area contributed by atoms with Crippen molar-refractivity contribution in [2.24, 2.45) is 0 Å². The van der Waals surface area contributed by atoms with E-state index in [-0.39, 0.29) is 6.61 Å². The summed E-state index contributed by atoms with van der Waals surface area (Å²) >= 11 is 0. The van der Waals surface area contributed by atoms with Crippen molar-refractivity contribution in [3.05, 3.63) is 17.5 Å². The monoisotopic (exact) mass is 207 g/mol. The van der Waals surface area contributed by atoms with Crippen LogP contribution >= 0.6 is 0 Å². The predicted molar refractivity (Wildman–Crippen MR) is 58.7 cm³/mol. The third-order valence-electron chi connectivity index (χ3n) is 3.18. The molecule has 15 heavy (non-hydrogen) atoms. The molecule has 0 unspecified atom stereocenters. The minimum absolute atomic E-state index is 0.0132. The Balaban J connectivity index is 2.17. The minimum atomic E-state index is 0.0132. The first kappa shape index (κ1) is 10.4. The van der Waals surface area contributed by atoms with E-state index in [9.17, 15) is 0 Å². The lowest BCUT2D eigenvalue weighted by molar-refractivity contribution is 0.280. The molecule has 0 amide bonds. The first-order valence-electron chi connectivity index (χ1n) is 5.38. The van der Waals surface area contributed by atoms with E-state index in [1.54, 1.807) is 6.20 Å². The summed E-state index contributed by atoms with van der Waals surface area (Å²) in [6, 6.07) is 0.601. The van der Waals surface area contributed by atoms with E-state index in [2.05, 4.69) is 14.9 Å². The molecular weight excluding hydrogens is 190 g/mol. The molecule has 0 spiro atoms. The lowest BCUT2D eigenvalue weighted by Crippen LogP contribution is -2.38. The second-order valence-electron chi connectivity index (χ2n) is 4.13. The number of aliphatic hydroxyl groups excluding tert-OH is 1. The predicted octanol–water partition coefficient (Wildman–Crippen LogP) is 1.27. The van der Waals surface area contributed by atoms with Crippen molar-refractivity contribution in [1.82, 2.24) is 9.97 Å². The van der Waals surface area contributed by atoms with E-state index >= 15 is 0 Å². The zero-order valence-corrected chi connectivity index (χ0v) is 9.27. The third-order valence-corrected chi connectivity index (χ3v) is 3.18. The van der Waals surface area contributed by atoms with Crippen LogP contribution in [0.2, 0.25) is 0 Å². The molecule has 1 N–H and O–H groups in total. The van der Waals surface area contributed by atoms with Crippen molar-refractivity contribution in [2.75, 3.05) is 11.9 Å². The van der Waals surface area contributed by atoms with E-state index in [1.807, 2.05) is 14.0 Å². The maximum atomic E-state index is 9.02. The molecule has 0 aromatic carbocycles. The van der Waals surface area contributed by atoms with Gasteiger partial charge in [-0.05, 0) is 26.2 Å². The van der Waals surface area contributed by atoms with Crippen LogP contribution < -0.4 is 4.90 Å². The van der Waals surface area contributed by atoms with Crippen LogP contribution in [0.15, 0.2) is 6.20 Å². The van der Waals surface area contributed by atoms with Crippen LogP contribution in [0.3, 0.4) is 0 Å². The summed E-state index contributed by atoms with van der Waals surface area (Å²) in [5, 5.41) is 9.02. The quantitative estimate of drug-likeness (QED) is 0.810. The van der Waals surface area contributed by atoms with Crippen molar-refractivity contribution in [3.63, 3.8) is 0 Å². The van der Waals surface area contributed by atoms with Gasteiger partial charge in [0.25, 0.3) is 0 Å². The van der Waals surface area contributed by atoms with Crippen molar-refractivity contribution in [1.29, 1.82) is 0 Å². The van der Waals surface area contributed by atoms with Crippen LogP contribution in [0.1, 0.15) is 30.5 Å². The average molecular weight is 207 g/mol. The molecule has 4 heteroatoms. The Kier molecular flexibility index (Phi) is 2.86. The Morgan fingerprint density at radius 1 is 1.53 bits per heavy atom. The maximum absolute atomic E-state index is 9.02. The zero-order chi connectivity index (χ0) is 10.8. The number of hydrogen-bond donors (Lipinski definition) is 1. The Bertz CT molecular complexity index is 350. The molecule has 1 aliphatic carbocycles. The zero-order valence-electron chi connectivity index (χ0n) is 9.27. The van der Waals surface area contributed by atoms with Gasteiger partial charge < -0.3 is 10.0 Å². The van der Waals surface area contributed by atoms with E-state index in [0.717, 1.165) is 17.2 Å². The summed E-state index contributed by atoms with van der Waals surface area (Å²) in [6.07, 6.45) is 5.50. The molecule has 1 saturated carbocycles. The molecule has 0 atom stereocenters. The first-order valence-corrected chi connectivity index (χ1v) is 5.38. The van der Waals surface area contributed by atoms with Gasteiger partial charge in [-0.15, -0.1) is 0 Å². The van der Waals surface area contributed by atoms with Crippen molar-refractivity contribution in [3.8, 4) is 0 Å². The summed E-state index contributed by atoms with van der Waals surface area (Å²) in [5.74, 6) is 0.773. The maximum Gasteiger partial charge on any atom is 0.225 e. The van der Waals surface area contributed by atoms with Gasteiger partial charge in [-0.1, -0.05) is 0 Å². The summed E-state index contributed by atoms with van der Waals surface area (Å²) < 4.78 is 0. The Labute approximate surface area is 90.0 Å². The van der Waals surface area contributed by atoms with Gasteiger partial charge in [0.05, 0.1) is 6.61 Å². The van der Waals surface area contributed by atoms with Gasteiger partial charge in [0.15, 0.2) is 0 Å². The fourth-order valence-corrected chi connectivity index (χ4v) is 1.74. The topological polar surface area (TPSA) is 49.2 Å². The van der Waals surface area contributed by atoms with Crippen LogP contribution in [0.5, 0.6) is 0 Å². The third kappa shape index (κ3) is 1.95. The number of rotatable bonds is 3. The smallest absolute Gasteiger partial charge is 0.225 e. The van der Waals surface area contributed by atoms with Gasteiger partial charge in [0.1, 0.15) is 0 Å². The number of aromatic nitrogens is 2. The largest absolute Gasteiger partial charge is 0.392 e. The molecule has 0 bridgehead atoms. The molecule has 2 rings (SSSR count). The highest BCUT2D eigenvalue weighted by Gasteiger charge is 2.23. The van der Waals surface area contributed by atoms with Gasteiger partial charge in [-0.3, -0.25) is 0 Å². The summed E-state index contributed by atoms with van der Waals surface area (Å²) in [4.78, 5) is 10.8. The molecule has 1 aromatic heterocycles. The summed E-state index contributed by atoms with van der Waals surface area (Å²) in [5.41, 5.74) is 1.68. The minimum Gasteiger partial charge on any atom is -0.392 e. The van der Waals surface area contributed by atoms with Crippen LogP contribution in [0.4, 0.5) is 5.95 Å².